The number of halogens is 6. The van der Waals surface area contributed by atoms with Crippen LogP contribution in [0.15, 0.2) is 24.3 Å². The smallest absolute Gasteiger partial charge is 0.193 e. The van der Waals surface area contributed by atoms with Crippen LogP contribution < -0.4 is 0 Å². The second kappa shape index (κ2) is 5.67. The zero-order valence-corrected chi connectivity index (χ0v) is 18.0. The van der Waals surface area contributed by atoms with Crippen LogP contribution in [-0.2, 0) is 4.29 Å². The van der Waals surface area contributed by atoms with Gasteiger partial charge in [-0.1, -0.05) is 114 Å². The predicted molar refractivity (Wildman–Crippen MR) is 96.5 cm³/mol. The zero-order chi connectivity index (χ0) is 13.6. The molecule has 0 unspecified atom stereocenters. The lowest BCUT2D eigenvalue weighted by molar-refractivity contribution is 1.00. The van der Waals surface area contributed by atoms with E-state index in [9.17, 15) is 0 Å². The Labute approximate surface area is 154 Å². The summed E-state index contributed by atoms with van der Waals surface area (Å²) in [6, 6.07) is 7.82. The largest absolute Gasteiger partial charge is 0.231 e. The highest BCUT2D eigenvalue weighted by Crippen LogP contribution is 2.48. The molecule has 0 spiro atoms. The summed E-state index contributed by atoms with van der Waals surface area (Å²) in [5.74, 6) is 0.582. The molecule has 1 heterocycles. The number of alkyl halides is 6. The molecular weight excluding hydrogens is 628 g/mol. The number of aromatic nitrogens is 2. The molecule has 1 aromatic heterocycles. The maximum absolute atomic E-state index is 4.55. The van der Waals surface area contributed by atoms with Crippen molar-refractivity contribution >= 4 is 106 Å². The van der Waals surface area contributed by atoms with Gasteiger partial charge in [0.1, 0.15) is 0 Å². The lowest BCUT2D eigenvalue weighted by Gasteiger charge is -2.18. The van der Waals surface area contributed by atoms with E-state index >= 15 is 0 Å². The number of fused-ring (bicyclic) bond motifs is 1. The molecule has 2 rings (SSSR count). The minimum atomic E-state index is -0.649. The van der Waals surface area contributed by atoms with Crippen LogP contribution in [0.5, 0.6) is 0 Å². The summed E-state index contributed by atoms with van der Waals surface area (Å²) in [6.07, 6.45) is 0. The predicted octanol–water partition coefficient (Wildman–Crippen LogP) is 6.22. The van der Waals surface area contributed by atoms with Crippen molar-refractivity contribution in [1.82, 2.24) is 9.97 Å². The van der Waals surface area contributed by atoms with Crippen molar-refractivity contribution in [3.8, 4) is 0 Å². The summed E-state index contributed by atoms with van der Waals surface area (Å²) in [5.41, 5.74) is 1.66. The van der Waals surface area contributed by atoms with Crippen LogP contribution in [0.4, 0.5) is 0 Å². The van der Waals surface area contributed by atoms with Gasteiger partial charge in [-0.2, -0.15) is 0 Å². The Kier molecular flexibility index (Phi) is 4.99. The Bertz CT molecular complexity index is 587. The molecule has 0 bridgehead atoms. The minimum absolute atomic E-state index is 0.582. The van der Waals surface area contributed by atoms with E-state index < -0.39 is 4.29 Å². The second-order valence-electron chi connectivity index (χ2n) is 3.41. The van der Waals surface area contributed by atoms with Gasteiger partial charge in [0, 0.05) is 5.39 Å². The minimum Gasteiger partial charge on any atom is -0.231 e. The van der Waals surface area contributed by atoms with Crippen molar-refractivity contribution in [3.05, 3.63) is 35.8 Å². The van der Waals surface area contributed by atoms with Crippen LogP contribution in [0.1, 0.15) is 11.5 Å². The molecule has 0 amide bonds. The average molecular weight is 632 g/mol. The van der Waals surface area contributed by atoms with Gasteiger partial charge in [0.25, 0.3) is 0 Å². The van der Waals surface area contributed by atoms with E-state index in [0.717, 1.165) is 16.6 Å². The molecule has 0 radical (unpaired) electrons. The Balaban J connectivity index is 2.81. The molecule has 2 aromatic rings. The summed E-state index contributed by atoms with van der Waals surface area (Å²) in [6.45, 7) is 0. The van der Waals surface area contributed by atoms with Crippen LogP contribution in [0.3, 0.4) is 0 Å². The fourth-order valence-electron chi connectivity index (χ4n) is 1.42. The van der Waals surface area contributed by atoms with E-state index in [0.29, 0.717) is 5.82 Å². The Hall–Kier alpha value is 1.44. The van der Waals surface area contributed by atoms with Gasteiger partial charge in [0.2, 0.25) is 0 Å². The van der Waals surface area contributed by atoms with E-state index in [-0.39, 0.29) is 0 Å². The fraction of sp³-hybridized carbons (Fsp3) is 0.200. The Morgan fingerprint density at radius 2 is 1.39 bits per heavy atom. The van der Waals surface area contributed by atoms with Crippen molar-refractivity contribution in [3.63, 3.8) is 0 Å². The van der Waals surface area contributed by atoms with Gasteiger partial charge in [-0.3, -0.25) is 0 Å². The van der Waals surface area contributed by atoms with Crippen molar-refractivity contribution in [2.45, 2.75) is 4.29 Å². The van der Waals surface area contributed by atoms with E-state index in [4.69, 9.17) is 0 Å². The number of hydrogen-bond acceptors (Lipinski definition) is 2. The quantitative estimate of drug-likeness (QED) is 0.323. The third kappa shape index (κ3) is 3.55. The maximum atomic E-state index is 4.55. The van der Waals surface area contributed by atoms with Crippen molar-refractivity contribution in [2.75, 3.05) is 0 Å². The lowest BCUT2D eigenvalue weighted by Crippen LogP contribution is -2.12. The molecule has 0 atom stereocenters. The third-order valence-corrected chi connectivity index (χ3v) is 4.32. The summed E-state index contributed by atoms with van der Waals surface area (Å²) in [5, 5.41) is 0.962. The summed E-state index contributed by atoms with van der Waals surface area (Å²) >= 11 is 20.8. The number of hydrogen-bond donors (Lipinski definition) is 0. The van der Waals surface area contributed by atoms with Gasteiger partial charge in [0.15, 0.2) is 10.1 Å². The van der Waals surface area contributed by atoms with Gasteiger partial charge in [0.05, 0.1) is 11.2 Å². The first-order valence-electron chi connectivity index (χ1n) is 4.61. The number of para-hydroxylation sites is 1. The van der Waals surface area contributed by atoms with Gasteiger partial charge in [-0.15, -0.1) is 0 Å². The average Bonchev–Trinajstić information content (AvgIpc) is 2.25. The molecule has 0 aliphatic heterocycles. The van der Waals surface area contributed by atoms with E-state index in [1.807, 2.05) is 24.3 Å². The second-order valence-corrected chi connectivity index (χ2v) is 16.9. The topological polar surface area (TPSA) is 25.8 Å². The molecule has 96 valence electrons. The first-order chi connectivity index (χ1) is 8.19. The monoisotopic (exact) mass is 626 g/mol. The normalized spacial score (nSPS) is 13.0. The van der Waals surface area contributed by atoms with E-state index in [1.54, 1.807) is 0 Å². The molecule has 0 saturated heterocycles. The van der Waals surface area contributed by atoms with Crippen LogP contribution in [0, 0.1) is 0 Å². The maximum Gasteiger partial charge on any atom is 0.193 e. The van der Waals surface area contributed by atoms with Gasteiger partial charge >= 0.3 is 0 Å². The highest BCUT2D eigenvalue weighted by atomic mass is 80.0. The zero-order valence-electron chi connectivity index (χ0n) is 8.47. The highest BCUT2D eigenvalue weighted by Gasteiger charge is 2.31. The van der Waals surface area contributed by atoms with Crippen molar-refractivity contribution < 1.29 is 0 Å². The molecule has 2 nitrogen and oxygen atoms in total. The fourth-order valence-corrected chi connectivity index (χ4v) is 2.86. The van der Waals surface area contributed by atoms with E-state index in [2.05, 4.69) is 106 Å². The van der Waals surface area contributed by atoms with Crippen LogP contribution >= 0.6 is 95.6 Å². The Morgan fingerprint density at radius 3 is 1.94 bits per heavy atom. The molecule has 0 saturated carbocycles. The standard InChI is InChI=1S/C10H4Br6N2/c11-9(12,13)7-5-3-1-2-4-6(5)17-8(18-7)10(14,15)16/h1-4H. The SMILES string of the molecule is BrC(Br)(Br)c1nc(C(Br)(Br)Br)c2ccccc2n1. The Morgan fingerprint density at radius 1 is 0.778 bits per heavy atom. The van der Waals surface area contributed by atoms with Crippen LogP contribution in [-0.4, -0.2) is 9.97 Å². The first-order valence-corrected chi connectivity index (χ1v) is 9.36. The van der Waals surface area contributed by atoms with Gasteiger partial charge in [-0.05, 0) is 6.07 Å². The summed E-state index contributed by atoms with van der Waals surface area (Å²) < 4.78 is -1.24. The number of benzene rings is 1. The van der Waals surface area contributed by atoms with Crippen molar-refractivity contribution in [2.24, 2.45) is 0 Å². The molecule has 0 aliphatic rings. The molecule has 8 heteroatoms. The summed E-state index contributed by atoms with van der Waals surface area (Å²) in [4.78, 5) is 9.06. The van der Waals surface area contributed by atoms with Gasteiger partial charge < -0.3 is 0 Å². The molecule has 0 aliphatic carbocycles. The van der Waals surface area contributed by atoms with Crippen LogP contribution in [0.25, 0.3) is 10.9 Å². The van der Waals surface area contributed by atoms with Crippen LogP contribution in [0.2, 0.25) is 0 Å². The van der Waals surface area contributed by atoms with Crippen molar-refractivity contribution in [1.29, 1.82) is 0 Å². The molecule has 0 fully saturated rings. The third-order valence-electron chi connectivity index (χ3n) is 2.13. The number of rotatable bonds is 0. The van der Waals surface area contributed by atoms with E-state index in [1.165, 1.54) is 0 Å². The molecule has 18 heavy (non-hydrogen) atoms. The molecule has 0 N–H and O–H groups in total. The van der Waals surface area contributed by atoms with Gasteiger partial charge in [-0.25, -0.2) is 9.97 Å². The first kappa shape index (κ1) is 15.8. The lowest BCUT2D eigenvalue weighted by atomic mass is 10.2. The highest BCUT2D eigenvalue weighted by molar-refractivity contribution is 9.39. The molecule has 1 aromatic carbocycles. The number of nitrogens with zero attached hydrogens (tertiary/aromatic N) is 2. The molecular formula is C10H4Br6N2. The summed E-state index contributed by atoms with van der Waals surface area (Å²) in [7, 11) is 0.